The van der Waals surface area contributed by atoms with E-state index >= 15 is 0 Å². The average Bonchev–Trinajstić information content (AvgIpc) is 3.33. The van der Waals surface area contributed by atoms with Crippen molar-refractivity contribution in [1.29, 1.82) is 0 Å². The molecule has 2 N–H and O–H groups in total. The topological polar surface area (TPSA) is 84.2 Å². The molecular weight excluding hydrogens is 354 g/mol. The Morgan fingerprint density at radius 1 is 1.11 bits per heavy atom. The second-order valence-corrected chi connectivity index (χ2v) is 7.31. The van der Waals surface area contributed by atoms with Gasteiger partial charge in [0, 0.05) is 31.0 Å². The lowest BCUT2D eigenvalue weighted by molar-refractivity contribution is -0.125. The number of carbonyl (C=O) groups is 2. The van der Waals surface area contributed by atoms with Crippen molar-refractivity contribution in [1.82, 2.24) is 15.6 Å². The maximum absolute atomic E-state index is 12.4. The van der Waals surface area contributed by atoms with Crippen molar-refractivity contribution in [2.75, 3.05) is 0 Å². The number of carbonyl (C=O) groups excluding carboxylic acids is 2. The highest BCUT2D eigenvalue weighted by Gasteiger charge is 2.30. The smallest absolute Gasteiger partial charge is 0.227 e. The Balaban J connectivity index is 1.33. The van der Waals surface area contributed by atoms with Crippen LogP contribution in [0.15, 0.2) is 52.9 Å². The zero-order chi connectivity index (χ0) is 19.5. The molecule has 2 amide bonds. The van der Waals surface area contributed by atoms with Crippen LogP contribution in [0, 0.1) is 5.92 Å². The van der Waals surface area contributed by atoms with Crippen molar-refractivity contribution in [3.05, 3.63) is 54.1 Å². The van der Waals surface area contributed by atoms with Crippen LogP contribution in [-0.4, -0.2) is 22.8 Å². The van der Waals surface area contributed by atoms with Crippen LogP contribution in [0.5, 0.6) is 0 Å². The molecule has 28 heavy (non-hydrogen) atoms. The third-order valence-corrected chi connectivity index (χ3v) is 5.17. The maximum Gasteiger partial charge on any atom is 0.227 e. The molecule has 2 atom stereocenters. The third-order valence-electron chi connectivity index (χ3n) is 5.17. The molecule has 6 nitrogen and oxygen atoms in total. The molecular formula is C22H23N3O3. The Hall–Kier alpha value is -3.15. The van der Waals surface area contributed by atoms with Gasteiger partial charge in [-0.3, -0.25) is 9.59 Å². The number of aromatic nitrogens is 1. The minimum atomic E-state index is -0.0370. The minimum Gasteiger partial charge on any atom is -0.436 e. The number of amides is 2. The first-order valence-corrected chi connectivity index (χ1v) is 9.58. The molecule has 0 radical (unpaired) electrons. The van der Waals surface area contributed by atoms with Crippen molar-refractivity contribution in [3.8, 4) is 11.5 Å². The molecule has 0 spiro atoms. The van der Waals surface area contributed by atoms with E-state index in [1.54, 1.807) is 0 Å². The van der Waals surface area contributed by atoms with Gasteiger partial charge in [0.05, 0.1) is 0 Å². The van der Waals surface area contributed by atoms with Gasteiger partial charge >= 0.3 is 0 Å². The summed E-state index contributed by atoms with van der Waals surface area (Å²) in [6, 6.07) is 15.6. The molecule has 6 heteroatoms. The molecule has 3 aromatic rings. The lowest BCUT2D eigenvalue weighted by atomic mass is 10.1. The zero-order valence-corrected chi connectivity index (χ0v) is 15.8. The van der Waals surface area contributed by atoms with E-state index in [0.29, 0.717) is 18.9 Å². The van der Waals surface area contributed by atoms with Crippen molar-refractivity contribution in [2.24, 2.45) is 5.92 Å². The van der Waals surface area contributed by atoms with Gasteiger partial charge in [-0.05, 0) is 49.1 Å². The highest BCUT2D eigenvalue weighted by Crippen LogP contribution is 2.26. The van der Waals surface area contributed by atoms with Gasteiger partial charge in [-0.2, -0.15) is 0 Å². The first-order chi connectivity index (χ1) is 13.6. The van der Waals surface area contributed by atoms with Crippen LogP contribution in [0.4, 0.5) is 0 Å². The van der Waals surface area contributed by atoms with Crippen LogP contribution in [-0.2, 0) is 16.1 Å². The Labute approximate surface area is 163 Å². The van der Waals surface area contributed by atoms with Gasteiger partial charge in [-0.15, -0.1) is 0 Å². The summed E-state index contributed by atoms with van der Waals surface area (Å²) in [6.07, 6.45) is 2.38. The van der Waals surface area contributed by atoms with Crippen molar-refractivity contribution >= 4 is 22.9 Å². The second kappa shape index (κ2) is 7.84. The number of rotatable bonds is 5. The van der Waals surface area contributed by atoms with E-state index in [1.165, 1.54) is 6.92 Å². The molecule has 1 aliphatic rings. The van der Waals surface area contributed by atoms with Crippen molar-refractivity contribution in [2.45, 2.75) is 38.8 Å². The summed E-state index contributed by atoms with van der Waals surface area (Å²) in [5.74, 6) is 0.573. The average molecular weight is 377 g/mol. The molecule has 1 aromatic heterocycles. The van der Waals surface area contributed by atoms with Gasteiger partial charge in [0.25, 0.3) is 0 Å². The fraction of sp³-hybridized carbons (Fsp3) is 0.318. The number of fused-ring (bicyclic) bond motifs is 1. The van der Waals surface area contributed by atoms with E-state index in [4.69, 9.17) is 4.42 Å². The molecule has 0 aliphatic heterocycles. The normalized spacial score (nSPS) is 18.9. The summed E-state index contributed by atoms with van der Waals surface area (Å²) in [4.78, 5) is 28.0. The van der Waals surface area contributed by atoms with Gasteiger partial charge in [0.2, 0.25) is 17.7 Å². The summed E-state index contributed by atoms with van der Waals surface area (Å²) in [5, 5.41) is 5.90. The molecule has 2 aromatic carbocycles. The summed E-state index contributed by atoms with van der Waals surface area (Å²) >= 11 is 0. The molecule has 1 heterocycles. The van der Waals surface area contributed by atoms with Gasteiger partial charge in [0.1, 0.15) is 5.52 Å². The molecule has 1 aliphatic carbocycles. The quantitative estimate of drug-likeness (QED) is 0.714. The van der Waals surface area contributed by atoms with Gasteiger partial charge in [0.15, 0.2) is 5.58 Å². The van der Waals surface area contributed by atoms with Gasteiger partial charge in [-0.1, -0.05) is 24.3 Å². The molecule has 144 valence electrons. The highest BCUT2D eigenvalue weighted by molar-refractivity contribution is 5.79. The number of para-hydroxylation sites is 2. The Bertz CT molecular complexity index is 961. The molecule has 0 saturated heterocycles. The number of hydrogen-bond acceptors (Lipinski definition) is 4. The van der Waals surface area contributed by atoms with Crippen LogP contribution in [0.2, 0.25) is 0 Å². The molecule has 0 bridgehead atoms. The number of nitrogens with one attached hydrogen (secondary N) is 2. The lowest BCUT2D eigenvalue weighted by Crippen LogP contribution is -2.33. The largest absolute Gasteiger partial charge is 0.436 e. The van der Waals surface area contributed by atoms with Gasteiger partial charge in [-0.25, -0.2) is 4.98 Å². The van der Waals surface area contributed by atoms with E-state index < -0.39 is 0 Å². The summed E-state index contributed by atoms with van der Waals surface area (Å²) < 4.78 is 5.79. The second-order valence-electron chi connectivity index (χ2n) is 7.31. The van der Waals surface area contributed by atoms with E-state index in [1.807, 2.05) is 48.5 Å². The number of nitrogens with zero attached hydrogens (tertiary/aromatic N) is 1. The molecule has 1 saturated carbocycles. The molecule has 1 fully saturated rings. The first kappa shape index (κ1) is 18.2. The Morgan fingerprint density at radius 3 is 2.64 bits per heavy atom. The third kappa shape index (κ3) is 4.06. The SMILES string of the molecule is CC(=O)N[C@H]1CC[C@@H](C(=O)NCc2ccc(-c3nc4ccccc4o3)cc2)C1. The van der Waals surface area contributed by atoms with Crippen LogP contribution in [0.3, 0.4) is 0 Å². The predicted molar refractivity (Wildman–Crippen MR) is 106 cm³/mol. The first-order valence-electron chi connectivity index (χ1n) is 9.58. The summed E-state index contributed by atoms with van der Waals surface area (Å²) in [6.45, 7) is 1.99. The predicted octanol–water partition coefficient (Wildman–Crippen LogP) is 3.42. The summed E-state index contributed by atoms with van der Waals surface area (Å²) in [7, 11) is 0. The monoisotopic (exact) mass is 377 g/mol. The van der Waals surface area contributed by atoms with Crippen molar-refractivity contribution < 1.29 is 14.0 Å². The standard InChI is InChI=1S/C22H23N3O3/c1-14(26)24-18-11-10-17(12-18)21(27)23-13-15-6-8-16(9-7-15)22-25-19-4-2-3-5-20(19)28-22/h2-9,17-18H,10-13H2,1H3,(H,23,27)(H,24,26)/t17-,18+/m1/s1. The van der Waals surface area contributed by atoms with E-state index in [9.17, 15) is 9.59 Å². The lowest BCUT2D eigenvalue weighted by Gasteiger charge is -2.12. The van der Waals surface area contributed by atoms with Crippen LogP contribution in [0.1, 0.15) is 31.7 Å². The summed E-state index contributed by atoms with van der Waals surface area (Å²) in [5.41, 5.74) is 3.52. The highest BCUT2D eigenvalue weighted by atomic mass is 16.3. The Kier molecular flexibility index (Phi) is 5.10. The maximum atomic E-state index is 12.4. The van der Waals surface area contributed by atoms with E-state index in [2.05, 4.69) is 15.6 Å². The molecule has 4 rings (SSSR count). The molecule has 0 unspecified atom stereocenters. The number of oxazole rings is 1. The fourth-order valence-electron chi connectivity index (χ4n) is 3.73. The van der Waals surface area contributed by atoms with E-state index in [0.717, 1.165) is 35.1 Å². The Morgan fingerprint density at radius 2 is 1.89 bits per heavy atom. The van der Waals surface area contributed by atoms with Crippen LogP contribution >= 0.6 is 0 Å². The van der Waals surface area contributed by atoms with Crippen LogP contribution < -0.4 is 10.6 Å². The van der Waals surface area contributed by atoms with Gasteiger partial charge < -0.3 is 15.1 Å². The van der Waals surface area contributed by atoms with E-state index in [-0.39, 0.29) is 23.8 Å². The fourth-order valence-corrected chi connectivity index (χ4v) is 3.73. The van der Waals surface area contributed by atoms with Crippen molar-refractivity contribution in [3.63, 3.8) is 0 Å². The van der Waals surface area contributed by atoms with Crippen LogP contribution in [0.25, 0.3) is 22.6 Å². The number of hydrogen-bond donors (Lipinski definition) is 2. The minimum absolute atomic E-state index is 0.0316. The zero-order valence-electron chi connectivity index (χ0n) is 15.8. The number of benzene rings is 2.